The monoisotopic (exact) mass is 424 g/mol. The molecule has 0 aliphatic heterocycles. The van der Waals surface area contributed by atoms with Crippen LogP contribution in [0.3, 0.4) is 0 Å². The van der Waals surface area contributed by atoms with E-state index in [2.05, 4.69) is 6.07 Å². The van der Waals surface area contributed by atoms with Crippen molar-refractivity contribution in [2.24, 2.45) is 17.8 Å². The lowest BCUT2D eigenvalue weighted by Crippen LogP contribution is -2.48. The lowest BCUT2D eigenvalue weighted by Gasteiger charge is -2.57. The summed E-state index contributed by atoms with van der Waals surface area (Å²) in [7, 11) is 0.310. The van der Waals surface area contributed by atoms with Crippen LogP contribution in [0.15, 0.2) is 53.4 Å². The third-order valence-electron chi connectivity index (χ3n) is 7.35. The molecule has 0 radical (unpaired) electrons. The molecule has 158 valence electrons. The molecule has 1 unspecified atom stereocenters. The molecule has 2 aromatic carbocycles. The topological polar surface area (TPSA) is 52.6 Å². The van der Waals surface area contributed by atoms with Crippen LogP contribution in [0.25, 0.3) is 0 Å². The first-order valence-corrected chi connectivity index (χ1v) is 12.2. The number of methoxy groups -OCH3 is 1. The van der Waals surface area contributed by atoms with Gasteiger partial charge >= 0.3 is 5.97 Å². The van der Waals surface area contributed by atoms with E-state index in [1.807, 2.05) is 18.2 Å². The SMILES string of the molecule is COc1ccc(S(=O)COC(=O)c2ccccc2)cc1C12CC3CC(CC(C3)C1)C2. The molecule has 4 aliphatic rings. The van der Waals surface area contributed by atoms with E-state index in [4.69, 9.17) is 9.47 Å². The maximum absolute atomic E-state index is 13.0. The highest BCUT2D eigenvalue weighted by atomic mass is 32.2. The summed E-state index contributed by atoms with van der Waals surface area (Å²) in [6.07, 6.45) is 7.78. The number of hydrogen-bond donors (Lipinski definition) is 0. The van der Waals surface area contributed by atoms with Crippen molar-refractivity contribution in [2.75, 3.05) is 13.0 Å². The quantitative estimate of drug-likeness (QED) is 0.607. The lowest BCUT2D eigenvalue weighted by atomic mass is 9.48. The molecule has 0 aromatic heterocycles. The molecule has 30 heavy (non-hydrogen) atoms. The van der Waals surface area contributed by atoms with Crippen LogP contribution < -0.4 is 4.74 Å². The Morgan fingerprint density at radius 2 is 1.63 bits per heavy atom. The molecule has 6 rings (SSSR count). The van der Waals surface area contributed by atoms with Crippen LogP contribution in [0.2, 0.25) is 0 Å². The van der Waals surface area contributed by atoms with Gasteiger partial charge in [-0.25, -0.2) is 4.79 Å². The highest BCUT2D eigenvalue weighted by Crippen LogP contribution is 2.62. The van der Waals surface area contributed by atoms with Gasteiger partial charge in [0.1, 0.15) is 5.75 Å². The Hall–Kier alpha value is -2.14. The smallest absolute Gasteiger partial charge is 0.339 e. The van der Waals surface area contributed by atoms with E-state index in [0.29, 0.717) is 10.5 Å². The fourth-order valence-electron chi connectivity index (χ4n) is 6.52. The number of carbonyl (C=O) groups is 1. The van der Waals surface area contributed by atoms with E-state index in [-0.39, 0.29) is 11.4 Å². The van der Waals surface area contributed by atoms with Crippen LogP contribution in [0.5, 0.6) is 5.75 Å². The Labute approximate surface area is 180 Å². The first kappa shape index (κ1) is 19.8. The normalized spacial score (nSPS) is 30.1. The van der Waals surface area contributed by atoms with Crippen molar-refractivity contribution in [1.29, 1.82) is 0 Å². The first-order chi connectivity index (χ1) is 14.6. The van der Waals surface area contributed by atoms with Gasteiger partial charge in [0.2, 0.25) is 0 Å². The zero-order valence-corrected chi connectivity index (χ0v) is 18.2. The van der Waals surface area contributed by atoms with Gasteiger partial charge in [-0.2, -0.15) is 0 Å². The van der Waals surface area contributed by atoms with Crippen molar-refractivity contribution in [2.45, 2.75) is 48.8 Å². The maximum Gasteiger partial charge on any atom is 0.339 e. The van der Waals surface area contributed by atoms with Gasteiger partial charge in [-0.05, 0) is 92.0 Å². The summed E-state index contributed by atoms with van der Waals surface area (Å²) in [6.45, 7) is 0. The second-order valence-corrected chi connectivity index (χ2v) is 10.7. The van der Waals surface area contributed by atoms with Gasteiger partial charge in [0, 0.05) is 10.5 Å². The van der Waals surface area contributed by atoms with Crippen LogP contribution in [0.4, 0.5) is 0 Å². The number of hydrogen-bond acceptors (Lipinski definition) is 4. The zero-order chi connectivity index (χ0) is 20.7. The molecule has 4 nitrogen and oxygen atoms in total. The Balaban J connectivity index is 1.37. The summed E-state index contributed by atoms with van der Waals surface area (Å²) in [5, 5.41) is 0. The fraction of sp³-hybridized carbons (Fsp3) is 0.480. The molecular weight excluding hydrogens is 396 g/mol. The Morgan fingerprint density at radius 3 is 2.23 bits per heavy atom. The van der Waals surface area contributed by atoms with Gasteiger partial charge in [-0.15, -0.1) is 0 Å². The molecule has 0 amide bonds. The summed E-state index contributed by atoms with van der Waals surface area (Å²) in [5.41, 5.74) is 1.84. The predicted octanol–water partition coefficient (Wildman–Crippen LogP) is 5.09. The van der Waals surface area contributed by atoms with Crippen LogP contribution in [-0.2, 0) is 21.0 Å². The minimum Gasteiger partial charge on any atom is -0.496 e. The first-order valence-electron chi connectivity index (χ1n) is 10.9. The molecule has 4 saturated carbocycles. The predicted molar refractivity (Wildman–Crippen MR) is 116 cm³/mol. The Kier molecular flexibility index (Phi) is 5.18. The van der Waals surface area contributed by atoms with Crippen molar-refractivity contribution < 1.29 is 18.5 Å². The summed E-state index contributed by atoms with van der Waals surface area (Å²) < 4.78 is 24.0. The van der Waals surface area contributed by atoms with Gasteiger partial charge in [-0.1, -0.05) is 18.2 Å². The van der Waals surface area contributed by atoms with Crippen molar-refractivity contribution in [3.8, 4) is 5.75 Å². The zero-order valence-electron chi connectivity index (χ0n) is 17.3. The van der Waals surface area contributed by atoms with E-state index in [9.17, 15) is 9.00 Å². The highest BCUT2D eigenvalue weighted by molar-refractivity contribution is 7.84. The summed E-state index contributed by atoms with van der Waals surface area (Å²) in [6, 6.07) is 14.7. The van der Waals surface area contributed by atoms with Gasteiger partial charge in [0.05, 0.1) is 23.5 Å². The van der Waals surface area contributed by atoms with Gasteiger partial charge < -0.3 is 9.47 Å². The molecular formula is C25H28O4S. The summed E-state index contributed by atoms with van der Waals surface area (Å²) in [4.78, 5) is 12.9. The standard InChI is InChI=1S/C25H28O4S/c1-28-23-8-7-21(30(27)16-29-24(26)20-5-3-2-4-6-20)12-22(23)25-13-17-9-18(14-25)11-19(10-17)15-25/h2-8,12,17-19H,9-11,13-16H2,1H3. The number of esters is 1. The maximum atomic E-state index is 13.0. The molecule has 1 atom stereocenters. The van der Waals surface area contributed by atoms with Crippen molar-refractivity contribution >= 4 is 16.8 Å². The molecule has 0 N–H and O–H groups in total. The van der Waals surface area contributed by atoms with Crippen molar-refractivity contribution in [3.05, 3.63) is 59.7 Å². The minimum absolute atomic E-state index is 0.139. The second kappa shape index (κ2) is 7.84. The summed E-state index contributed by atoms with van der Waals surface area (Å²) in [5.74, 6) is 2.78. The number of rotatable bonds is 6. The molecule has 0 spiro atoms. The van der Waals surface area contributed by atoms with Gasteiger partial charge in [-0.3, -0.25) is 4.21 Å². The molecule has 2 aromatic rings. The van der Waals surface area contributed by atoms with E-state index < -0.39 is 16.8 Å². The fourth-order valence-corrected chi connectivity index (χ4v) is 7.34. The highest BCUT2D eigenvalue weighted by Gasteiger charge is 2.52. The second-order valence-electron chi connectivity index (χ2n) is 9.32. The van der Waals surface area contributed by atoms with Crippen molar-refractivity contribution in [3.63, 3.8) is 0 Å². The Bertz CT molecular complexity index is 933. The van der Waals surface area contributed by atoms with E-state index in [0.717, 1.165) is 23.5 Å². The average molecular weight is 425 g/mol. The van der Waals surface area contributed by atoms with Crippen LogP contribution in [0, 0.1) is 17.8 Å². The van der Waals surface area contributed by atoms with Crippen LogP contribution in [-0.4, -0.2) is 23.2 Å². The molecule has 4 bridgehead atoms. The third kappa shape index (κ3) is 3.58. The Morgan fingerprint density at radius 1 is 1.00 bits per heavy atom. The summed E-state index contributed by atoms with van der Waals surface area (Å²) >= 11 is 0. The lowest BCUT2D eigenvalue weighted by molar-refractivity contribution is -0.00626. The van der Waals surface area contributed by atoms with Crippen molar-refractivity contribution in [1.82, 2.24) is 0 Å². The third-order valence-corrected chi connectivity index (χ3v) is 8.46. The largest absolute Gasteiger partial charge is 0.496 e. The molecule has 0 saturated heterocycles. The van der Waals surface area contributed by atoms with Gasteiger partial charge in [0.15, 0.2) is 5.94 Å². The number of ether oxygens (including phenoxy) is 2. The molecule has 5 heteroatoms. The molecule has 4 aliphatic carbocycles. The molecule has 4 fully saturated rings. The number of benzene rings is 2. The number of carbonyl (C=O) groups excluding carboxylic acids is 1. The van der Waals surface area contributed by atoms with Crippen LogP contribution in [0.1, 0.15) is 54.4 Å². The van der Waals surface area contributed by atoms with Crippen LogP contribution >= 0.6 is 0 Å². The van der Waals surface area contributed by atoms with E-state index in [1.165, 1.54) is 44.1 Å². The van der Waals surface area contributed by atoms with Gasteiger partial charge in [0.25, 0.3) is 0 Å². The molecule has 0 heterocycles. The average Bonchev–Trinajstić information content (AvgIpc) is 2.76. The van der Waals surface area contributed by atoms with E-state index >= 15 is 0 Å². The minimum atomic E-state index is -1.41. The van der Waals surface area contributed by atoms with E-state index in [1.54, 1.807) is 31.4 Å².